The molecule has 0 bridgehead atoms. The monoisotopic (exact) mass is 466 g/mol. The number of phenolic OH excluding ortho intramolecular Hbond substituents is 2. The van der Waals surface area contributed by atoms with Crippen molar-refractivity contribution in [1.82, 2.24) is 0 Å². The van der Waals surface area contributed by atoms with Gasteiger partial charge < -0.3 is 19.7 Å². The molecule has 7 heteroatoms. The molecule has 2 N–H and O–H groups in total. The van der Waals surface area contributed by atoms with E-state index in [9.17, 15) is 19.8 Å². The second-order valence-corrected chi connectivity index (χ2v) is 9.79. The first kappa shape index (κ1) is 20.5. The van der Waals surface area contributed by atoms with Gasteiger partial charge in [0.1, 0.15) is 12.2 Å². The molecule has 0 unspecified atom stereocenters. The van der Waals surface area contributed by atoms with Crippen LogP contribution in [0.1, 0.15) is 63.5 Å². The summed E-state index contributed by atoms with van der Waals surface area (Å²) in [7, 11) is 0. The topological polar surface area (TPSA) is 93.1 Å². The zero-order chi connectivity index (χ0) is 21.1. The van der Waals surface area contributed by atoms with Crippen molar-refractivity contribution in [3.63, 3.8) is 0 Å². The van der Waals surface area contributed by atoms with Crippen LogP contribution in [0, 0.1) is 17.3 Å². The van der Waals surface area contributed by atoms with E-state index in [1.165, 1.54) is 13.8 Å². The van der Waals surface area contributed by atoms with E-state index in [1.54, 1.807) is 6.07 Å². The van der Waals surface area contributed by atoms with Gasteiger partial charge in [-0.2, -0.15) is 0 Å². The zero-order valence-corrected chi connectivity index (χ0v) is 18.5. The normalized spacial score (nSPS) is 35.2. The number of fused-ring (bicyclic) bond motifs is 5. The van der Waals surface area contributed by atoms with Crippen molar-refractivity contribution in [3.8, 4) is 11.5 Å². The highest BCUT2D eigenvalue weighted by Gasteiger charge is 2.61. The number of benzene rings is 1. The van der Waals surface area contributed by atoms with E-state index in [0.29, 0.717) is 16.8 Å². The maximum absolute atomic E-state index is 11.8. The molecule has 2 saturated carbocycles. The lowest BCUT2D eigenvalue weighted by molar-refractivity contribution is -0.171. The minimum Gasteiger partial charge on any atom is -0.504 e. The lowest BCUT2D eigenvalue weighted by Crippen LogP contribution is -2.46. The van der Waals surface area contributed by atoms with Crippen LogP contribution in [0.25, 0.3) is 0 Å². The van der Waals surface area contributed by atoms with Gasteiger partial charge in [0.2, 0.25) is 0 Å². The van der Waals surface area contributed by atoms with Crippen molar-refractivity contribution in [1.29, 1.82) is 0 Å². The molecule has 29 heavy (non-hydrogen) atoms. The molecule has 6 atom stereocenters. The smallest absolute Gasteiger partial charge is 0.303 e. The van der Waals surface area contributed by atoms with Crippen molar-refractivity contribution >= 4 is 27.9 Å². The summed E-state index contributed by atoms with van der Waals surface area (Å²) in [5.74, 6) is -0.0684. The minimum absolute atomic E-state index is 0.103. The van der Waals surface area contributed by atoms with Crippen LogP contribution in [0.15, 0.2) is 10.5 Å². The number of phenols is 2. The Morgan fingerprint density at radius 2 is 1.86 bits per heavy atom. The Morgan fingerprint density at radius 1 is 1.17 bits per heavy atom. The fourth-order valence-corrected chi connectivity index (χ4v) is 6.94. The predicted octanol–water partition coefficient (Wildman–Crippen LogP) is 4.19. The van der Waals surface area contributed by atoms with Crippen LogP contribution in [0.5, 0.6) is 11.5 Å². The van der Waals surface area contributed by atoms with E-state index in [2.05, 4.69) is 22.9 Å². The van der Waals surface area contributed by atoms with Gasteiger partial charge in [-0.1, -0.05) is 6.92 Å². The molecule has 0 aromatic heterocycles. The van der Waals surface area contributed by atoms with E-state index in [0.717, 1.165) is 36.8 Å². The highest BCUT2D eigenvalue weighted by molar-refractivity contribution is 9.10. The van der Waals surface area contributed by atoms with Crippen molar-refractivity contribution in [2.24, 2.45) is 17.3 Å². The second kappa shape index (κ2) is 7.18. The van der Waals surface area contributed by atoms with Gasteiger partial charge in [0.25, 0.3) is 0 Å². The van der Waals surface area contributed by atoms with E-state index in [1.807, 2.05) is 0 Å². The summed E-state index contributed by atoms with van der Waals surface area (Å²) < 4.78 is 11.9. The highest BCUT2D eigenvalue weighted by Crippen LogP contribution is 2.63. The molecule has 0 aliphatic heterocycles. The van der Waals surface area contributed by atoms with Crippen LogP contribution in [0.2, 0.25) is 0 Å². The number of halogens is 1. The van der Waals surface area contributed by atoms with E-state index < -0.39 is 12.2 Å². The molecule has 0 saturated heterocycles. The van der Waals surface area contributed by atoms with Gasteiger partial charge in [0, 0.05) is 19.3 Å². The summed E-state index contributed by atoms with van der Waals surface area (Å²) in [6, 6.07) is 1.71. The fraction of sp³-hybridized carbons (Fsp3) is 0.636. The number of ether oxygens (including phenoxy) is 2. The Bertz CT molecular complexity index is 867. The average Bonchev–Trinajstić information content (AvgIpc) is 2.91. The molecule has 158 valence electrons. The van der Waals surface area contributed by atoms with Gasteiger partial charge in [0.05, 0.1) is 4.47 Å². The summed E-state index contributed by atoms with van der Waals surface area (Å²) in [5, 5.41) is 20.3. The van der Waals surface area contributed by atoms with Crippen LogP contribution in [0.4, 0.5) is 0 Å². The van der Waals surface area contributed by atoms with Crippen LogP contribution >= 0.6 is 15.9 Å². The maximum Gasteiger partial charge on any atom is 0.303 e. The largest absolute Gasteiger partial charge is 0.504 e. The van der Waals surface area contributed by atoms with E-state index in [-0.39, 0.29) is 40.7 Å². The van der Waals surface area contributed by atoms with Crippen LogP contribution in [0.3, 0.4) is 0 Å². The molecule has 2 fully saturated rings. The highest BCUT2D eigenvalue weighted by atomic mass is 79.9. The molecule has 0 heterocycles. The number of rotatable bonds is 2. The SMILES string of the molecule is CC(=O)O[C@@H]1C[C@H]2[C@@H]3CCc4c(cc(O)c(O)c4Br)[C@H]3CC[C@]2(C)[C@H]1OC(C)=O. The zero-order valence-electron chi connectivity index (χ0n) is 16.9. The number of hydrogen-bond donors (Lipinski definition) is 2. The molecule has 6 nitrogen and oxygen atoms in total. The van der Waals surface area contributed by atoms with Crippen LogP contribution in [-0.2, 0) is 25.5 Å². The van der Waals surface area contributed by atoms with Gasteiger partial charge in [-0.15, -0.1) is 0 Å². The van der Waals surface area contributed by atoms with Gasteiger partial charge in [-0.05, 0) is 83.0 Å². The van der Waals surface area contributed by atoms with E-state index in [4.69, 9.17) is 9.47 Å². The predicted molar refractivity (Wildman–Crippen MR) is 109 cm³/mol. The number of hydrogen-bond acceptors (Lipinski definition) is 6. The Hall–Kier alpha value is -1.76. The Labute approximate surface area is 178 Å². The third kappa shape index (κ3) is 3.22. The van der Waals surface area contributed by atoms with Crippen LogP contribution in [-0.4, -0.2) is 34.4 Å². The summed E-state index contributed by atoms with van der Waals surface area (Å²) in [6.45, 7) is 4.95. The summed E-state index contributed by atoms with van der Waals surface area (Å²) in [4.78, 5) is 23.5. The molecular formula is C22H27BrO6. The van der Waals surface area contributed by atoms with Gasteiger partial charge in [-0.25, -0.2) is 0 Å². The molecule has 0 amide bonds. The Kier molecular flexibility index (Phi) is 5.08. The maximum atomic E-state index is 11.8. The number of carbonyl (C=O) groups is 2. The molecule has 3 aliphatic carbocycles. The standard InChI is InChI=1S/C22H27BrO6/c1-10(24)28-18-9-16-13-4-5-14-15(8-17(26)20(27)19(14)23)12(13)6-7-22(16,3)21(18)29-11(2)25/h8,12-13,16,18,21,26-27H,4-7,9H2,1-3H3/t12-,13+,16-,18+,21-,22-/m0/s1. The third-order valence-electron chi connectivity index (χ3n) is 7.44. The van der Waals surface area contributed by atoms with Crippen molar-refractivity contribution < 1.29 is 29.3 Å². The van der Waals surface area contributed by atoms with Crippen molar-refractivity contribution in [2.45, 2.75) is 71.0 Å². The average molecular weight is 467 g/mol. The van der Waals surface area contributed by atoms with E-state index >= 15 is 0 Å². The van der Waals surface area contributed by atoms with Crippen molar-refractivity contribution in [3.05, 3.63) is 21.7 Å². The molecule has 1 aromatic carbocycles. The molecule has 1 aromatic rings. The number of esters is 2. The molecule has 0 spiro atoms. The quantitative estimate of drug-likeness (QED) is 0.501. The minimum atomic E-state index is -0.434. The first-order valence-corrected chi connectivity index (χ1v) is 11.0. The number of aromatic hydroxyl groups is 2. The Balaban J connectivity index is 1.70. The summed E-state index contributed by atoms with van der Waals surface area (Å²) in [6.07, 6.45) is 3.30. The second-order valence-electron chi connectivity index (χ2n) is 9.00. The lowest BCUT2D eigenvalue weighted by atomic mass is 9.55. The fourth-order valence-electron chi connectivity index (χ4n) is 6.31. The molecule has 4 rings (SSSR count). The first-order chi connectivity index (χ1) is 13.6. The summed E-state index contributed by atoms with van der Waals surface area (Å²) in [5.41, 5.74) is 1.90. The number of carbonyl (C=O) groups excluding carboxylic acids is 2. The van der Waals surface area contributed by atoms with Gasteiger partial charge in [-0.3, -0.25) is 9.59 Å². The van der Waals surface area contributed by atoms with Crippen LogP contribution < -0.4 is 0 Å². The Morgan fingerprint density at radius 3 is 2.52 bits per heavy atom. The third-order valence-corrected chi connectivity index (χ3v) is 8.30. The molecule has 0 radical (unpaired) electrons. The first-order valence-electron chi connectivity index (χ1n) is 10.2. The molecular weight excluding hydrogens is 440 g/mol. The van der Waals surface area contributed by atoms with Gasteiger partial charge in [0.15, 0.2) is 11.5 Å². The molecule has 3 aliphatic rings. The lowest BCUT2D eigenvalue weighted by Gasteiger charge is -2.50. The summed E-state index contributed by atoms with van der Waals surface area (Å²) >= 11 is 3.45. The van der Waals surface area contributed by atoms with Gasteiger partial charge >= 0.3 is 11.9 Å². The van der Waals surface area contributed by atoms with Crippen molar-refractivity contribution in [2.75, 3.05) is 0 Å².